The van der Waals surface area contributed by atoms with Crippen LogP contribution in [-0.4, -0.2) is 46.8 Å². The molecular weight excluding hydrogens is 374 g/mol. The van der Waals surface area contributed by atoms with Crippen LogP contribution in [0.5, 0.6) is 11.5 Å². The standard InChI is InChI=1S/C21H21N3O5/c1-21(26,12-24-11-13-6-4-5-7-15(13)19(24)25)20-22-18(23-29-20)16-9-8-14(27-2)10-17(16)28-3/h4-10,26H,11-12H2,1-3H3/t21-/m1/s1. The van der Waals surface area contributed by atoms with Crippen LogP contribution in [0.15, 0.2) is 47.0 Å². The van der Waals surface area contributed by atoms with E-state index in [9.17, 15) is 9.90 Å². The molecule has 0 radical (unpaired) electrons. The highest BCUT2D eigenvalue weighted by molar-refractivity contribution is 5.98. The average Bonchev–Trinajstić information content (AvgIpc) is 3.34. The first-order valence-electron chi connectivity index (χ1n) is 9.09. The second kappa shape index (κ2) is 7.21. The number of aromatic nitrogens is 2. The number of fused-ring (bicyclic) bond motifs is 1. The SMILES string of the molecule is COc1ccc(-c2noc([C@](C)(O)CN3Cc4ccccc4C3=O)n2)c(OC)c1. The smallest absolute Gasteiger partial charge is 0.260 e. The lowest BCUT2D eigenvalue weighted by atomic mass is 10.1. The number of rotatable bonds is 6. The summed E-state index contributed by atoms with van der Waals surface area (Å²) in [5.41, 5.74) is 0.673. The summed E-state index contributed by atoms with van der Waals surface area (Å²) in [7, 11) is 3.10. The number of methoxy groups -OCH3 is 2. The molecule has 3 aromatic rings. The fourth-order valence-corrected chi connectivity index (χ4v) is 3.42. The fourth-order valence-electron chi connectivity index (χ4n) is 3.42. The molecule has 0 saturated heterocycles. The number of β-amino-alcohol motifs (C(OH)–C–C–N with tert-alkyl or cyclic N) is 1. The van der Waals surface area contributed by atoms with Gasteiger partial charge in [-0.15, -0.1) is 0 Å². The molecule has 0 fully saturated rings. The van der Waals surface area contributed by atoms with E-state index in [4.69, 9.17) is 14.0 Å². The number of carbonyl (C=O) groups excluding carboxylic acids is 1. The van der Waals surface area contributed by atoms with Gasteiger partial charge in [0.05, 0.1) is 26.3 Å². The summed E-state index contributed by atoms with van der Waals surface area (Å²) in [6, 6.07) is 12.6. The number of hydrogen-bond acceptors (Lipinski definition) is 7. The molecule has 1 aromatic heterocycles. The Balaban J connectivity index is 1.57. The van der Waals surface area contributed by atoms with E-state index in [0.717, 1.165) is 5.56 Å². The Morgan fingerprint density at radius 1 is 1.17 bits per heavy atom. The van der Waals surface area contributed by atoms with Crippen LogP contribution in [0.2, 0.25) is 0 Å². The Kier molecular flexibility index (Phi) is 4.71. The van der Waals surface area contributed by atoms with Gasteiger partial charge in [-0.25, -0.2) is 0 Å². The van der Waals surface area contributed by atoms with Gasteiger partial charge in [-0.3, -0.25) is 4.79 Å². The van der Waals surface area contributed by atoms with Gasteiger partial charge in [-0.05, 0) is 30.7 Å². The number of hydrogen-bond donors (Lipinski definition) is 1. The summed E-state index contributed by atoms with van der Waals surface area (Å²) in [6.45, 7) is 2.01. The maximum Gasteiger partial charge on any atom is 0.260 e. The Bertz CT molecular complexity index is 1060. The van der Waals surface area contributed by atoms with Crippen LogP contribution < -0.4 is 9.47 Å². The third-order valence-electron chi connectivity index (χ3n) is 4.93. The summed E-state index contributed by atoms with van der Waals surface area (Å²) in [6.07, 6.45) is 0. The van der Waals surface area contributed by atoms with Crippen LogP contribution in [-0.2, 0) is 12.1 Å². The molecular formula is C21H21N3O5. The number of nitrogens with zero attached hydrogens (tertiary/aromatic N) is 3. The van der Waals surface area contributed by atoms with Gasteiger partial charge in [0.15, 0.2) is 5.60 Å². The molecule has 1 aliphatic rings. The molecule has 1 amide bonds. The Morgan fingerprint density at radius 2 is 1.97 bits per heavy atom. The largest absolute Gasteiger partial charge is 0.497 e. The molecule has 0 unspecified atom stereocenters. The Labute approximate surface area is 167 Å². The van der Waals surface area contributed by atoms with Crippen molar-refractivity contribution in [3.8, 4) is 22.9 Å². The minimum Gasteiger partial charge on any atom is -0.497 e. The fraction of sp³-hybridized carbons (Fsp3) is 0.286. The van der Waals surface area contributed by atoms with Crippen LogP contribution in [0, 0.1) is 0 Å². The highest BCUT2D eigenvalue weighted by atomic mass is 16.5. The van der Waals surface area contributed by atoms with Gasteiger partial charge in [0.25, 0.3) is 11.8 Å². The predicted octanol–water partition coefficient (Wildman–Crippen LogP) is 2.62. The lowest BCUT2D eigenvalue weighted by molar-refractivity contribution is -0.00754. The van der Waals surface area contributed by atoms with Gasteiger partial charge in [0, 0.05) is 18.2 Å². The van der Waals surface area contributed by atoms with E-state index in [2.05, 4.69) is 10.1 Å². The predicted molar refractivity (Wildman–Crippen MR) is 104 cm³/mol. The summed E-state index contributed by atoms with van der Waals surface area (Å²) >= 11 is 0. The third kappa shape index (κ3) is 3.42. The first kappa shape index (κ1) is 18.9. The lowest BCUT2D eigenvalue weighted by Crippen LogP contribution is -2.39. The minimum atomic E-state index is -1.51. The molecule has 1 atom stereocenters. The number of aliphatic hydroxyl groups is 1. The molecule has 2 heterocycles. The zero-order chi connectivity index (χ0) is 20.6. The summed E-state index contributed by atoms with van der Waals surface area (Å²) in [5.74, 6) is 1.32. The zero-order valence-corrected chi connectivity index (χ0v) is 16.4. The summed E-state index contributed by atoms with van der Waals surface area (Å²) < 4.78 is 15.9. The van der Waals surface area contributed by atoms with Crippen molar-refractivity contribution in [3.63, 3.8) is 0 Å². The van der Waals surface area contributed by atoms with E-state index in [0.29, 0.717) is 29.2 Å². The van der Waals surface area contributed by atoms with Gasteiger partial charge in [0.2, 0.25) is 5.82 Å². The van der Waals surface area contributed by atoms with Crippen LogP contribution in [0.1, 0.15) is 28.7 Å². The molecule has 4 rings (SSSR count). The maximum absolute atomic E-state index is 12.6. The van der Waals surface area contributed by atoms with Crippen molar-refractivity contribution in [1.29, 1.82) is 0 Å². The molecule has 0 bridgehead atoms. The molecule has 150 valence electrons. The molecule has 1 aliphatic heterocycles. The zero-order valence-electron chi connectivity index (χ0n) is 16.4. The van der Waals surface area contributed by atoms with Gasteiger partial charge in [0.1, 0.15) is 11.5 Å². The Morgan fingerprint density at radius 3 is 2.69 bits per heavy atom. The van der Waals surface area contributed by atoms with E-state index in [1.807, 2.05) is 18.2 Å². The number of carbonyl (C=O) groups is 1. The number of amides is 1. The van der Waals surface area contributed by atoms with Gasteiger partial charge in [-0.1, -0.05) is 23.4 Å². The van der Waals surface area contributed by atoms with Gasteiger partial charge in [-0.2, -0.15) is 4.98 Å². The van der Waals surface area contributed by atoms with Crippen molar-refractivity contribution in [1.82, 2.24) is 15.0 Å². The van der Waals surface area contributed by atoms with Gasteiger partial charge < -0.3 is 24.0 Å². The van der Waals surface area contributed by atoms with E-state index < -0.39 is 5.60 Å². The lowest BCUT2D eigenvalue weighted by Gasteiger charge is -2.25. The average molecular weight is 395 g/mol. The van der Waals surface area contributed by atoms with Crippen molar-refractivity contribution in [3.05, 3.63) is 59.5 Å². The molecule has 2 aromatic carbocycles. The molecule has 8 heteroatoms. The first-order valence-corrected chi connectivity index (χ1v) is 9.09. The first-order chi connectivity index (χ1) is 13.9. The van der Waals surface area contributed by atoms with E-state index in [1.54, 1.807) is 43.2 Å². The van der Waals surface area contributed by atoms with E-state index in [1.165, 1.54) is 7.11 Å². The second-order valence-electron chi connectivity index (χ2n) is 7.08. The molecule has 0 aliphatic carbocycles. The van der Waals surface area contributed by atoms with Crippen LogP contribution in [0.4, 0.5) is 0 Å². The summed E-state index contributed by atoms with van der Waals surface area (Å²) in [5, 5.41) is 15.0. The minimum absolute atomic E-state index is 0.0223. The topological polar surface area (TPSA) is 97.9 Å². The molecule has 8 nitrogen and oxygen atoms in total. The van der Waals surface area contributed by atoms with Crippen molar-refractivity contribution >= 4 is 5.91 Å². The number of benzene rings is 2. The van der Waals surface area contributed by atoms with Crippen molar-refractivity contribution < 1.29 is 23.9 Å². The third-order valence-corrected chi connectivity index (χ3v) is 4.93. The van der Waals surface area contributed by atoms with Crippen molar-refractivity contribution in [2.45, 2.75) is 19.1 Å². The normalized spacial score (nSPS) is 15.2. The Hall–Kier alpha value is -3.39. The van der Waals surface area contributed by atoms with E-state index >= 15 is 0 Å². The van der Waals surface area contributed by atoms with E-state index in [-0.39, 0.29) is 24.2 Å². The van der Waals surface area contributed by atoms with Crippen molar-refractivity contribution in [2.24, 2.45) is 0 Å². The maximum atomic E-state index is 12.6. The molecule has 0 saturated carbocycles. The molecule has 1 N–H and O–H groups in total. The molecule has 0 spiro atoms. The number of ether oxygens (including phenoxy) is 2. The second-order valence-corrected chi connectivity index (χ2v) is 7.08. The highest BCUT2D eigenvalue weighted by Crippen LogP contribution is 2.33. The van der Waals surface area contributed by atoms with Crippen molar-refractivity contribution in [2.75, 3.05) is 20.8 Å². The monoisotopic (exact) mass is 395 g/mol. The molecule has 29 heavy (non-hydrogen) atoms. The van der Waals surface area contributed by atoms with Crippen LogP contribution in [0.25, 0.3) is 11.4 Å². The summed E-state index contributed by atoms with van der Waals surface area (Å²) in [4.78, 5) is 18.5. The highest BCUT2D eigenvalue weighted by Gasteiger charge is 2.37. The van der Waals surface area contributed by atoms with Gasteiger partial charge >= 0.3 is 0 Å². The quantitative estimate of drug-likeness (QED) is 0.685. The van der Waals surface area contributed by atoms with Crippen LogP contribution >= 0.6 is 0 Å². The van der Waals surface area contributed by atoms with Crippen LogP contribution in [0.3, 0.4) is 0 Å².